The van der Waals surface area contributed by atoms with E-state index >= 15 is 0 Å². The Morgan fingerprint density at radius 3 is 2.24 bits per heavy atom. The van der Waals surface area contributed by atoms with Crippen LogP contribution < -0.4 is 10.2 Å². The number of hydrogen-bond donors (Lipinski definition) is 1. The summed E-state index contributed by atoms with van der Waals surface area (Å²) in [5.41, 5.74) is -0.767. The van der Waals surface area contributed by atoms with Gasteiger partial charge in [-0.05, 0) is 66.5 Å². The van der Waals surface area contributed by atoms with Gasteiger partial charge in [0.15, 0.2) is 0 Å². The fourth-order valence-electron chi connectivity index (χ4n) is 5.99. The van der Waals surface area contributed by atoms with Crippen LogP contribution in [0.3, 0.4) is 0 Å². The summed E-state index contributed by atoms with van der Waals surface area (Å²) in [5.74, 6) is -0.837. The summed E-state index contributed by atoms with van der Waals surface area (Å²) in [6.45, 7) is 0. The van der Waals surface area contributed by atoms with Crippen LogP contribution in [0.5, 0.6) is 0 Å². The van der Waals surface area contributed by atoms with Gasteiger partial charge < -0.3 is 5.32 Å². The van der Waals surface area contributed by atoms with Gasteiger partial charge in [-0.3, -0.25) is 14.4 Å². The summed E-state index contributed by atoms with van der Waals surface area (Å²) in [6, 6.07) is 8.62. The van der Waals surface area contributed by atoms with Gasteiger partial charge in [-0.15, -0.1) is 0 Å². The topological polar surface area (TPSA) is 66.5 Å². The second-order valence-electron chi connectivity index (χ2n) is 9.36. The number of rotatable bonds is 3. The number of anilines is 2. The average molecular weight is 487 g/mol. The maximum atomic E-state index is 13.3. The highest BCUT2D eigenvalue weighted by atomic mass is 35.5. The SMILES string of the molecule is O=C(Nc1cc(C(F)(F)F)ccc1Cl)c1cccc(N2C(=O)[C@@H]3[C@H]4C=C[C@@H]([C@@H]5C[C@H]45)[C@@H]3C2=O)c1. The number of hydrogen-bond acceptors (Lipinski definition) is 3. The minimum Gasteiger partial charge on any atom is -0.321 e. The lowest BCUT2D eigenvalue weighted by Crippen LogP contribution is -2.40. The van der Waals surface area contributed by atoms with Crippen molar-refractivity contribution in [1.82, 2.24) is 0 Å². The molecule has 34 heavy (non-hydrogen) atoms. The van der Waals surface area contributed by atoms with Crippen molar-refractivity contribution in [3.8, 4) is 0 Å². The van der Waals surface area contributed by atoms with Crippen LogP contribution in [0.25, 0.3) is 0 Å². The van der Waals surface area contributed by atoms with Crippen LogP contribution in [0.4, 0.5) is 24.5 Å². The summed E-state index contributed by atoms with van der Waals surface area (Å²) in [7, 11) is 0. The molecule has 174 valence electrons. The first kappa shape index (κ1) is 21.4. The molecule has 1 N–H and O–H groups in total. The van der Waals surface area contributed by atoms with Crippen molar-refractivity contribution in [1.29, 1.82) is 0 Å². The molecule has 5 aliphatic rings. The monoisotopic (exact) mass is 486 g/mol. The Balaban J connectivity index is 1.27. The molecule has 0 spiro atoms. The lowest BCUT2D eigenvalue weighted by atomic mass is 9.63. The average Bonchev–Trinajstić information content (AvgIpc) is 3.58. The van der Waals surface area contributed by atoms with Crippen molar-refractivity contribution in [2.45, 2.75) is 12.6 Å². The fourth-order valence-corrected chi connectivity index (χ4v) is 6.15. The third-order valence-corrected chi connectivity index (χ3v) is 7.90. The van der Waals surface area contributed by atoms with Crippen LogP contribution in [-0.2, 0) is 15.8 Å². The van der Waals surface area contributed by atoms with E-state index in [0.717, 1.165) is 24.6 Å². The zero-order valence-electron chi connectivity index (χ0n) is 17.6. The quantitative estimate of drug-likeness (QED) is 0.481. The van der Waals surface area contributed by atoms with Crippen molar-refractivity contribution in [2.75, 3.05) is 10.2 Å². The van der Waals surface area contributed by atoms with Gasteiger partial charge in [-0.2, -0.15) is 13.2 Å². The highest BCUT2D eigenvalue weighted by Gasteiger charge is 2.67. The Hall–Kier alpha value is -3.13. The van der Waals surface area contributed by atoms with E-state index in [4.69, 9.17) is 11.6 Å². The van der Waals surface area contributed by atoms with Crippen molar-refractivity contribution < 1.29 is 27.6 Å². The van der Waals surface area contributed by atoms with Gasteiger partial charge in [0.25, 0.3) is 5.91 Å². The zero-order valence-corrected chi connectivity index (χ0v) is 18.3. The van der Waals surface area contributed by atoms with Crippen molar-refractivity contribution in [3.05, 3.63) is 70.8 Å². The number of nitrogens with one attached hydrogen (secondary N) is 1. The molecule has 2 saturated carbocycles. The fraction of sp³-hybridized carbons (Fsp3) is 0.320. The first-order valence-electron chi connectivity index (χ1n) is 11.0. The maximum Gasteiger partial charge on any atom is 0.416 e. The molecule has 3 amide bonds. The second kappa shape index (κ2) is 7.18. The molecule has 0 aromatic heterocycles. The molecule has 7 rings (SSSR count). The first-order chi connectivity index (χ1) is 16.1. The molecule has 1 heterocycles. The van der Waals surface area contributed by atoms with Gasteiger partial charge >= 0.3 is 6.18 Å². The van der Waals surface area contributed by atoms with Crippen LogP contribution in [0, 0.1) is 35.5 Å². The summed E-state index contributed by atoms with van der Waals surface area (Å²) < 4.78 is 39.1. The van der Waals surface area contributed by atoms with Gasteiger partial charge in [0.2, 0.25) is 11.8 Å². The number of halogens is 4. The largest absolute Gasteiger partial charge is 0.416 e. The third kappa shape index (κ3) is 3.11. The Bertz CT molecular complexity index is 1250. The smallest absolute Gasteiger partial charge is 0.321 e. The molecule has 0 unspecified atom stereocenters. The molecule has 9 heteroatoms. The summed E-state index contributed by atoms with van der Waals surface area (Å²) in [6.07, 6.45) is 0.629. The molecular formula is C25H18ClF3N2O3. The van der Waals surface area contributed by atoms with E-state index in [1.165, 1.54) is 23.1 Å². The summed E-state index contributed by atoms with van der Waals surface area (Å²) in [5, 5.41) is 2.35. The Labute approximate surface area is 197 Å². The van der Waals surface area contributed by atoms with Gasteiger partial charge in [0.05, 0.1) is 33.8 Å². The van der Waals surface area contributed by atoms with Gasteiger partial charge in [0.1, 0.15) is 0 Å². The van der Waals surface area contributed by atoms with E-state index in [1.807, 2.05) is 0 Å². The highest BCUT2D eigenvalue weighted by molar-refractivity contribution is 6.34. The molecular weight excluding hydrogens is 469 g/mol. The third-order valence-electron chi connectivity index (χ3n) is 7.57. The van der Waals surface area contributed by atoms with Crippen LogP contribution in [0.2, 0.25) is 5.02 Å². The van der Waals surface area contributed by atoms with Crippen LogP contribution in [0.15, 0.2) is 54.6 Å². The van der Waals surface area contributed by atoms with E-state index in [-0.39, 0.29) is 57.4 Å². The molecule has 4 aliphatic carbocycles. The maximum absolute atomic E-state index is 13.3. The van der Waals surface area contributed by atoms with Crippen molar-refractivity contribution in [2.24, 2.45) is 35.5 Å². The lowest BCUT2D eigenvalue weighted by molar-refractivity contribution is -0.137. The molecule has 2 bridgehead atoms. The number of imide groups is 1. The summed E-state index contributed by atoms with van der Waals surface area (Å²) in [4.78, 5) is 40.6. The lowest BCUT2D eigenvalue weighted by Gasteiger charge is -2.37. The predicted molar refractivity (Wildman–Crippen MR) is 118 cm³/mol. The Kier molecular flexibility index (Phi) is 4.52. The van der Waals surface area contributed by atoms with Gasteiger partial charge in [-0.25, -0.2) is 4.90 Å². The van der Waals surface area contributed by atoms with E-state index < -0.39 is 17.6 Å². The van der Waals surface area contributed by atoms with Crippen molar-refractivity contribution in [3.63, 3.8) is 0 Å². The Morgan fingerprint density at radius 1 is 0.971 bits per heavy atom. The zero-order chi connectivity index (χ0) is 23.9. The molecule has 6 atom stereocenters. The number of benzene rings is 2. The second-order valence-corrected chi connectivity index (χ2v) is 9.77. The molecule has 1 saturated heterocycles. The number of carbonyl (C=O) groups is 3. The number of amides is 3. The number of carbonyl (C=O) groups excluding carboxylic acids is 3. The number of nitrogens with zero attached hydrogens (tertiary/aromatic N) is 1. The molecule has 2 aromatic rings. The van der Waals surface area contributed by atoms with E-state index in [1.54, 1.807) is 6.07 Å². The normalized spacial score (nSPS) is 30.9. The van der Waals surface area contributed by atoms with Crippen LogP contribution in [0.1, 0.15) is 22.3 Å². The highest BCUT2D eigenvalue weighted by Crippen LogP contribution is 2.65. The number of alkyl halides is 3. The molecule has 1 aliphatic heterocycles. The van der Waals surface area contributed by atoms with E-state index in [9.17, 15) is 27.6 Å². The Morgan fingerprint density at radius 2 is 1.62 bits per heavy atom. The predicted octanol–water partition coefficient (Wildman–Crippen LogP) is 5.17. The molecule has 5 nitrogen and oxygen atoms in total. The van der Waals surface area contributed by atoms with E-state index in [0.29, 0.717) is 11.8 Å². The van der Waals surface area contributed by atoms with E-state index in [2.05, 4.69) is 17.5 Å². The van der Waals surface area contributed by atoms with Crippen molar-refractivity contribution >= 4 is 40.7 Å². The minimum absolute atomic E-state index is 0.0481. The molecule has 0 radical (unpaired) electrons. The minimum atomic E-state index is -4.59. The first-order valence-corrected chi connectivity index (χ1v) is 11.4. The molecule has 3 fully saturated rings. The summed E-state index contributed by atoms with van der Waals surface area (Å²) >= 11 is 5.98. The van der Waals surface area contributed by atoms with Gasteiger partial charge in [-0.1, -0.05) is 29.8 Å². The standard InChI is InChI=1S/C25H18ClF3N2O3/c26-18-7-4-12(25(27,28)29)9-19(18)30-22(32)11-2-1-3-13(8-11)31-23(33)20-14-5-6-15(17-10-16(14)17)21(20)24(31)34/h1-9,14-17,20-21H,10H2,(H,30,32)/t14-,15-,16-,17+,20-,21+/m0/s1. The molecule has 2 aromatic carbocycles. The van der Waals surface area contributed by atoms with Gasteiger partial charge in [0, 0.05) is 5.56 Å². The van der Waals surface area contributed by atoms with Crippen LogP contribution >= 0.6 is 11.6 Å². The number of allylic oxidation sites excluding steroid dienone is 2. The van der Waals surface area contributed by atoms with Crippen LogP contribution in [-0.4, -0.2) is 17.7 Å².